The number of hydrogen-bond donors (Lipinski definition) is 2. The molecule has 0 heterocycles. The summed E-state index contributed by atoms with van der Waals surface area (Å²) < 4.78 is 4.93. The SMILES string of the molecule is CCOC[C@H](O)CNC(C)=O. The average Bonchev–Trinajstić information content (AvgIpc) is 1.97. The molecule has 4 nitrogen and oxygen atoms in total. The van der Waals surface area contributed by atoms with E-state index in [2.05, 4.69) is 5.32 Å². The van der Waals surface area contributed by atoms with Crippen molar-refractivity contribution in [2.75, 3.05) is 19.8 Å². The van der Waals surface area contributed by atoms with Crippen LogP contribution in [0.3, 0.4) is 0 Å². The molecule has 0 aliphatic carbocycles. The molecule has 0 aliphatic heterocycles. The van der Waals surface area contributed by atoms with E-state index < -0.39 is 6.10 Å². The maximum absolute atomic E-state index is 10.4. The van der Waals surface area contributed by atoms with E-state index in [-0.39, 0.29) is 19.1 Å². The van der Waals surface area contributed by atoms with E-state index in [1.807, 2.05) is 6.92 Å². The lowest BCUT2D eigenvalue weighted by Crippen LogP contribution is -2.33. The first-order valence-corrected chi connectivity index (χ1v) is 3.67. The number of nitrogens with one attached hydrogen (secondary N) is 1. The lowest BCUT2D eigenvalue weighted by molar-refractivity contribution is -0.119. The first kappa shape index (κ1) is 10.4. The molecule has 1 atom stereocenters. The molecule has 0 aliphatic rings. The topological polar surface area (TPSA) is 58.6 Å². The van der Waals surface area contributed by atoms with Gasteiger partial charge in [-0.3, -0.25) is 4.79 Å². The van der Waals surface area contributed by atoms with Crippen molar-refractivity contribution in [2.45, 2.75) is 20.0 Å². The van der Waals surface area contributed by atoms with Crippen LogP contribution in [0.25, 0.3) is 0 Å². The fraction of sp³-hybridized carbons (Fsp3) is 0.857. The highest BCUT2D eigenvalue weighted by atomic mass is 16.5. The number of ether oxygens (including phenoxy) is 1. The molecule has 0 unspecified atom stereocenters. The molecule has 66 valence electrons. The third-order valence-corrected chi connectivity index (χ3v) is 1.10. The second-order valence-corrected chi connectivity index (χ2v) is 2.25. The van der Waals surface area contributed by atoms with Crippen LogP contribution in [-0.4, -0.2) is 36.9 Å². The largest absolute Gasteiger partial charge is 0.389 e. The van der Waals surface area contributed by atoms with Crippen LogP contribution in [-0.2, 0) is 9.53 Å². The van der Waals surface area contributed by atoms with E-state index in [1.165, 1.54) is 6.92 Å². The predicted molar refractivity (Wildman–Crippen MR) is 41.2 cm³/mol. The predicted octanol–water partition coefficient (Wildman–Crippen LogP) is -0.480. The van der Waals surface area contributed by atoms with Crippen LogP contribution in [0.2, 0.25) is 0 Å². The normalized spacial score (nSPS) is 12.6. The van der Waals surface area contributed by atoms with Gasteiger partial charge in [-0.1, -0.05) is 0 Å². The summed E-state index contributed by atoms with van der Waals surface area (Å²) in [5, 5.41) is 11.6. The van der Waals surface area contributed by atoms with Gasteiger partial charge in [0.2, 0.25) is 5.91 Å². The number of aliphatic hydroxyl groups is 1. The van der Waals surface area contributed by atoms with Gasteiger partial charge in [-0.15, -0.1) is 0 Å². The van der Waals surface area contributed by atoms with Gasteiger partial charge in [-0.05, 0) is 6.92 Å². The van der Waals surface area contributed by atoms with E-state index in [0.717, 1.165) is 0 Å². The van der Waals surface area contributed by atoms with Gasteiger partial charge >= 0.3 is 0 Å². The molecule has 2 N–H and O–H groups in total. The van der Waals surface area contributed by atoms with Gasteiger partial charge < -0.3 is 15.2 Å². The zero-order chi connectivity index (χ0) is 8.69. The van der Waals surface area contributed by atoms with Gasteiger partial charge in [0, 0.05) is 20.1 Å². The Bertz CT molecular complexity index is 116. The Kier molecular flexibility index (Phi) is 5.78. The highest BCUT2D eigenvalue weighted by Crippen LogP contribution is 1.82. The lowest BCUT2D eigenvalue weighted by Gasteiger charge is -2.09. The first-order chi connectivity index (χ1) is 5.16. The fourth-order valence-corrected chi connectivity index (χ4v) is 0.574. The van der Waals surface area contributed by atoms with Crippen LogP contribution in [0.4, 0.5) is 0 Å². The quantitative estimate of drug-likeness (QED) is 0.572. The molecular formula is C7H15NO3. The molecule has 0 fully saturated rings. The molecular weight excluding hydrogens is 146 g/mol. The molecule has 0 aromatic heterocycles. The van der Waals surface area contributed by atoms with Crippen molar-refractivity contribution in [3.8, 4) is 0 Å². The fourth-order valence-electron chi connectivity index (χ4n) is 0.574. The summed E-state index contributed by atoms with van der Waals surface area (Å²) in [6.45, 7) is 4.38. The van der Waals surface area contributed by atoms with Crippen molar-refractivity contribution >= 4 is 5.91 Å². The third-order valence-electron chi connectivity index (χ3n) is 1.10. The van der Waals surface area contributed by atoms with Crippen molar-refractivity contribution in [1.29, 1.82) is 0 Å². The van der Waals surface area contributed by atoms with Crippen molar-refractivity contribution in [1.82, 2.24) is 5.32 Å². The van der Waals surface area contributed by atoms with Gasteiger partial charge in [0.15, 0.2) is 0 Å². The third kappa shape index (κ3) is 7.29. The van der Waals surface area contributed by atoms with Crippen LogP contribution in [0.5, 0.6) is 0 Å². The van der Waals surface area contributed by atoms with E-state index in [9.17, 15) is 4.79 Å². The summed E-state index contributed by atoms with van der Waals surface area (Å²) in [6, 6.07) is 0. The molecule has 0 rings (SSSR count). The smallest absolute Gasteiger partial charge is 0.216 e. The van der Waals surface area contributed by atoms with Crippen molar-refractivity contribution in [3.63, 3.8) is 0 Å². The van der Waals surface area contributed by atoms with Crippen molar-refractivity contribution < 1.29 is 14.6 Å². The van der Waals surface area contributed by atoms with Gasteiger partial charge in [-0.2, -0.15) is 0 Å². The highest BCUT2D eigenvalue weighted by Gasteiger charge is 2.02. The number of aliphatic hydroxyl groups excluding tert-OH is 1. The van der Waals surface area contributed by atoms with Crippen LogP contribution >= 0.6 is 0 Å². The Morgan fingerprint density at radius 3 is 2.82 bits per heavy atom. The highest BCUT2D eigenvalue weighted by molar-refractivity contribution is 5.72. The lowest BCUT2D eigenvalue weighted by atomic mass is 10.4. The Morgan fingerprint density at radius 1 is 1.73 bits per heavy atom. The molecule has 4 heteroatoms. The van der Waals surface area contributed by atoms with Crippen LogP contribution in [0.15, 0.2) is 0 Å². The summed E-state index contributed by atoms with van der Waals surface area (Å²) in [4.78, 5) is 10.4. The molecule has 0 radical (unpaired) electrons. The Morgan fingerprint density at radius 2 is 2.36 bits per heavy atom. The second kappa shape index (κ2) is 6.12. The van der Waals surface area contributed by atoms with Crippen LogP contribution in [0, 0.1) is 0 Å². The summed E-state index contributed by atoms with van der Waals surface area (Å²) in [6.07, 6.45) is -0.598. The average molecular weight is 161 g/mol. The summed E-state index contributed by atoms with van der Waals surface area (Å²) in [5.41, 5.74) is 0. The molecule has 1 amide bonds. The molecule has 0 bridgehead atoms. The maximum Gasteiger partial charge on any atom is 0.216 e. The zero-order valence-corrected chi connectivity index (χ0v) is 6.96. The first-order valence-electron chi connectivity index (χ1n) is 3.67. The summed E-state index contributed by atoms with van der Waals surface area (Å²) >= 11 is 0. The van der Waals surface area contributed by atoms with E-state index in [1.54, 1.807) is 0 Å². The maximum atomic E-state index is 10.4. The molecule has 0 saturated heterocycles. The molecule has 0 aromatic carbocycles. The monoisotopic (exact) mass is 161 g/mol. The van der Waals surface area contributed by atoms with E-state index in [0.29, 0.717) is 6.61 Å². The molecule has 11 heavy (non-hydrogen) atoms. The minimum atomic E-state index is -0.598. The number of rotatable bonds is 5. The van der Waals surface area contributed by atoms with Crippen LogP contribution in [0.1, 0.15) is 13.8 Å². The number of hydrogen-bond acceptors (Lipinski definition) is 3. The minimum absolute atomic E-state index is 0.138. The standard InChI is InChI=1S/C7H15NO3/c1-3-11-5-7(10)4-8-6(2)9/h7,10H,3-5H2,1-2H3,(H,8,9)/t7-/m1/s1. The number of amides is 1. The van der Waals surface area contributed by atoms with Gasteiger partial charge in [0.05, 0.1) is 12.7 Å². The van der Waals surface area contributed by atoms with Crippen molar-refractivity contribution in [3.05, 3.63) is 0 Å². The zero-order valence-electron chi connectivity index (χ0n) is 6.96. The van der Waals surface area contributed by atoms with Gasteiger partial charge in [-0.25, -0.2) is 0 Å². The van der Waals surface area contributed by atoms with Gasteiger partial charge in [0.1, 0.15) is 0 Å². The van der Waals surface area contributed by atoms with E-state index in [4.69, 9.17) is 9.84 Å². The summed E-state index contributed by atoms with van der Waals surface area (Å²) in [7, 11) is 0. The molecule has 0 aromatic rings. The number of carbonyl (C=O) groups excluding carboxylic acids is 1. The minimum Gasteiger partial charge on any atom is -0.389 e. The Labute approximate surface area is 66.5 Å². The van der Waals surface area contributed by atoms with Crippen LogP contribution < -0.4 is 5.32 Å². The summed E-state index contributed by atoms with van der Waals surface area (Å²) in [5.74, 6) is -0.138. The van der Waals surface area contributed by atoms with E-state index >= 15 is 0 Å². The Hall–Kier alpha value is -0.610. The second-order valence-electron chi connectivity index (χ2n) is 2.25. The number of carbonyl (C=O) groups is 1. The molecule has 0 saturated carbocycles. The molecule has 0 spiro atoms. The van der Waals surface area contributed by atoms with Gasteiger partial charge in [0.25, 0.3) is 0 Å². The Balaban J connectivity index is 3.22. The van der Waals surface area contributed by atoms with Crippen molar-refractivity contribution in [2.24, 2.45) is 0 Å².